The van der Waals surface area contributed by atoms with Gasteiger partial charge in [0.05, 0.1) is 0 Å². The molecule has 18 heavy (non-hydrogen) atoms. The maximum absolute atomic E-state index is 11.9. The highest BCUT2D eigenvalue weighted by molar-refractivity contribution is 5.91. The van der Waals surface area contributed by atoms with Gasteiger partial charge in [-0.3, -0.25) is 10.4 Å². The average molecular weight is 252 g/mol. The van der Waals surface area contributed by atoms with Crippen molar-refractivity contribution >= 4 is 17.8 Å². The number of carboxylic acids is 1. The van der Waals surface area contributed by atoms with Gasteiger partial charge in [0.25, 0.3) is 0 Å². The lowest BCUT2D eigenvalue weighted by Crippen LogP contribution is -2.35. The fourth-order valence-corrected chi connectivity index (χ4v) is 1.96. The molecule has 2 rings (SSSR count). The molecule has 98 valence electrons. The molecule has 0 aromatic carbocycles. The molecule has 1 saturated heterocycles. The topological polar surface area (TPSA) is 98.3 Å². The number of hydrogen-bond acceptors (Lipinski definition) is 3. The normalized spacial score (nSPS) is 16.1. The van der Waals surface area contributed by atoms with Crippen LogP contribution in [-0.4, -0.2) is 45.3 Å². The fraction of sp³-hybridized carbons (Fsp3) is 0.545. The number of carbonyl (C=O) groups excluding carboxylic acids is 1. The molecule has 0 spiro atoms. The second-order valence-corrected chi connectivity index (χ2v) is 4.30. The van der Waals surface area contributed by atoms with Crippen LogP contribution in [0.25, 0.3) is 0 Å². The van der Waals surface area contributed by atoms with Crippen LogP contribution in [-0.2, 0) is 0 Å². The molecule has 1 aromatic rings. The van der Waals surface area contributed by atoms with Crippen molar-refractivity contribution < 1.29 is 14.7 Å². The number of carboxylic acid groups (broad SMARTS) is 1. The maximum atomic E-state index is 11.9. The summed E-state index contributed by atoms with van der Waals surface area (Å²) in [4.78, 5) is 24.3. The van der Waals surface area contributed by atoms with E-state index in [0.29, 0.717) is 0 Å². The van der Waals surface area contributed by atoms with E-state index in [1.165, 1.54) is 6.07 Å². The molecule has 7 nitrogen and oxygen atoms in total. The molecule has 2 amide bonds. The van der Waals surface area contributed by atoms with Crippen LogP contribution >= 0.6 is 0 Å². The van der Waals surface area contributed by atoms with Gasteiger partial charge in [-0.15, -0.1) is 0 Å². The Morgan fingerprint density at radius 2 is 1.94 bits per heavy atom. The third kappa shape index (κ3) is 2.99. The second-order valence-electron chi connectivity index (χ2n) is 4.30. The van der Waals surface area contributed by atoms with Crippen molar-refractivity contribution in [2.45, 2.75) is 25.7 Å². The first-order valence-corrected chi connectivity index (χ1v) is 6.01. The fourth-order valence-electron chi connectivity index (χ4n) is 1.96. The largest absolute Gasteiger partial charge is 0.477 e. The standard InChI is InChI=1S/C11H16N4O3/c16-10(17)8-7-9(14-13-8)12-11(18)15-5-3-1-2-4-6-15/h7H,1-6H2,(H,16,17)(H2,12,13,14,18). The van der Waals surface area contributed by atoms with E-state index in [4.69, 9.17) is 5.11 Å². The zero-order valence-electron chi connectivity index (χ0n) is 9.98. The SMILES string of the molecule is O=C(O)c1cc(NC(=O)N2CCCCCC2)n[nH]1. The predicted octanol–water partition coefficient (Wildman–Crippen LogP) is 1.52. The number of rotatable bonds is 2. The molecule has 0 radical (unpaired) electrons. The predicted molar refractivity (Wildman–Crippen MR) is 64.6 cm³/mol. The Hall–Kier alpha value is -2.05. The Bertz CT molecular complexity index is 435. The molecule has 2 heterocycles. The van der Waals surface area contributed by atoms with Gasteiger partial charge in [-0.25, -0.2) is 9.59 Å². The van der Waals surface area contributed by atoms with Crippen molar-refractivity contribution in [2.24, 2.45) is 0 Å². The summed E-state index contributed by atoms with van der Waals surface area (Å²) in [5.74, 6) is -0.862. The van der Waals surface area contributed by atoms with E-state index in [2.05, 4.69) is 15.5 Å². The van der Waals surface area contributed by atoms with Crippen molar-refractivity contribution in [1.82, 2.24) is 15.1 Å². The van der Waals surface area contributed by atoms with E-state index in [1.807, 2.05) is 0 Å². The number of nitrogens with zero attached hydrogens (tertiary/aromatic N) is 2. The van der Waals surface area contributed by atoms with Gasteiger partial charge in [-0.05, 0) is 12.8 Å². The summed E-state index contributed by atoms with van der Waals surface area (Å²) in [5, 5.41) is 17.4. The third-order valence-electron chi connectivity index (χ3n) is 2.94. The quantitative estimate of drug-likeness (QED) is 0.743. The summed E-state index contributed by atoms with van der Waals surface area (Å²) in [7, 11) is 0. The van der Waals surface area contributed by atoms with Crippen molar-refractivity contribution in [3.63, 3.8) is 0 Å². The second kappa shape index (κ2) is 5.52. The van der Waals surface area contributed by atoms with Crippen molar-refractivity contribution in [1.29, 1.82) is 0 Å². The van der Waals surface area contributed by atoms with Gasteiger partial charge < -0.3 is 10.0 Å². The van der Waals surface area contributed by atoms with E-state index in [-0.39, 0.29) is 17.5 Å². The maximum Gasteiger partial charge on any atom is 0.353 e. The molecule has 1 aliphatic heterocycles. The Balaban J connectivity index is 1.94. The molecule has 0 aliphatic carbocycles. The van der Waals surface area contributed by atoms with Gasteiger partial charge >= 0.3 is 12.0 Å². The highest BCUT2D eigenvalue weighted by Crippen LogP contribution is 2.12. The first kappa shape index (κ1) is 12.4. The zero-order chi connectivity index (χ0) is 13.0. The molecule has 7 heteroatoms. The molecule has 1 aromatic heterocycles. The lowest BCUT2D eigenvalue weighted by molar-refractivity contribution is 0.0690. The summed E-state index contributed by atoms with van der Waals surface area (Å²) >= 11 is 0. The Morgan fingerprint density at radius 3 is 2.50 bits per heavy atom. The number of likely N-dealkylation sites (tertiary alicyclic amines) is 1. The van der Waals surface area contributed by atoms with E-state index in [0.717, 1.165) is 38.8 Å². The molecule has 0 atom stereocenters. The highest BCUT2D eigenvalue weighted by Gasteiger charge is 2.17. The monoisotopic (exact) mass is 252 g/mol. The lowest BCUT2D eigenvalue weighted by Gasteiger charge is -2.19. The number of anilines is 1. The minimum atomic E-state index is -1.10. The number of aromatic nitrogens is 2. The van der Waals surface area contributed by atoms with Crippen LogP contribution in [0.3, 0.4) is 0 Å². The smallest absolute Gasteiger partial charge is 0.353 e. The molecule has 0 unspecified atom stereocenters. The van der Waals surface area contributed by atoms with Crippen LogP contribution < -0.4 is 5.32 Å². The third-order valence-corrected chi connectivity index (χ3v) is 2.94. The van der Waals surface area contributed by atoms with Gasteiger partial charge in [0.15, 0.2) is 5.82 Å². The first-order chi connectivity index (χ1) is 8.66. The number of H-pyrrole nitrogens is 1. The number of amides is 2. The Kier molecular flexibility index (Phi) is 3.81. The number of carbonyl (C=O) groups is 2. The van der Waals surface area contributed by atoms with Crippen LogP contribution in [0.1, 0.15) is 36.2 Å². The number of nitrogens with one attached hydrogen (secondary N) is 2. The molecule has 1 aliphatic rings. The highest BCUT2D eigenvalue weighted by atomic mass is 16.4. The Labute approximate surface area is 104 Å². The lowest BCUT2D eigenvalue weighted by atomic mass is 10.2. The summed E-state index contributed by atoms with van der Waals surface area (Å²) in [5.41, 5.74) is -0.0406. The zero-order valence-corrected chi connectivity index (χ0v) is 9.98. The van der Waals surface area contributed by atoms with E-state index < -0.39 is 5.97 Å². The number of aromatic amines is 1. The Morgan fingerprint density at radius 1 is 1.28 bits per heavy atom. The summed E-state index contributed by atoms with van der Waals surface area (Å²) < 4.78 is 0. The number of aromatic carboxylic acids is 1. The summed E-state index contributed by atoms with van der Waals surface area (Å²) in [6.45, 7) is 1.48. The molecule has 1 fully saturated rings. The summed E-state index contributed by atoms with van der Waals surface area (Å²) in [6.07, 6.45) is 4.31. The van der Waals surface area contributed by atoms with Crippen LogP contribution in [0.5, 0.6) is 0 Å². The van der Waals surface area contributed by atoms with Gasteiger partial charge in [-0.2, -0.15) is 5.10 Å². The molecular formula is C11H16N4O3. The van der Waals surface area contributed by atoms with Crippen molar-refractivity contribution in [2.75, 3.05) is 18.4 Å². The van der Waals surface area contributed by atoms with Crippen LogP contribution in [0.2, 0.25) is 0 Å². The number of urea groups is 1. The minimum Gasteiger partial charge on any atom is -0.477 e. The summed E-state index contributed by atoms with van der Waals surface area (Å²) in [6, 6.07) is 1.08. The van der Waals surface area contributed by atoms with Gasteiger partial charge in [0, 0.05) is 19.2 Å². The van der Waals surface area contributed by atoms with Gasteiger partial charge in [0.2, 0.25) is 0 Å². The molecule has 3 N–H and O–H groups in total. The van der Waals surface area contributed by atoms with Gasteiger partial charge in [-0.1, -0.05) is 12.8 Å². The van der Waals surface area contributed by atoms with Crippen molar-refractivity contribution in [3.05, 3.63) is 11.8 Å². The van der Waals surface area contributed by atoms with E-state index in [9.17, 15) is 9.59 Å². The average Bonchev–Trinajstić information content (AvgIpc) is 2.64. The molecule has 0 bridgehead atoms. The van der Waals surface area contributed by atoms with Crippen LogP contribution in [0.4, 0.5) is 10.6 Å². The van der Waals surface area contributed by atoms with Crippen LogP contribution in [0.15, 0.2) is 6.07 Å². The van der Waals surface area contributed by atoms with Gasteiger partial charge in [0.1, 0.15) is 5.69 Å². The molecule has 0 saturated carbocycles. The molecular weight excluding hydrogens is 236 g/mol. The van der Waals surface area contributed by atoms with E-state index >= 15 is 0 Å². The number of hydrogen-bond donors (Lipinski definition) is 3. The minimum absolute atomic E-state index is 0.0406. The van der Waals surface area contributed by atoms with Crippen molar-refractivity contribution in [3.8, 4) is 0 Å². The van der Waals surface area contributed by atoms with Crippen LogP contribution in [0, 0.1) is 0 Å². The first-order valence-electron chi connectivity index (χ1n) is 6.01. The van der Waals surface area contributed by atoms with E-state index in [1.54, 1.807) is 4.90 Å².